The van der Waals surface area contributed by atoms with Crippen molar-refractivity contribution in [2.24, 2.45) is 0 Å². The number of rotatable bonds is 0. The second-order valence-corrected chi connectivity index (χ2v) is 7.14. The molecule has 0 fully saturated rings. The normalized spacial score (nSPS) is 14.9. The molecule has 0 atom stereocenters. The van der Waals surface area contributed by atoms with Gasteiger partial charge in [-0.1, -0.05) is 61.3 Å². The monoisotopic (exact) mass is 328 g/mol. The van der Waals surface area contributed by atoms with Crippen molar-refractivity contribution in [2.45, 2.75) is 19.3 Å². The van der Waals surface area contributed by atoms with Crippen LogP contribution >= 0.6 is 23.2 Å². The summed E-state index contributed by atoms with van der Waals surface area (Å²) in [5.41, 5.74) is 4.51. The van der Waals surface area contributed by atoms with Crippen molar-refractivity contribution < 1.29 is 5.11 Å². The highest BCUT2D eigenvalue weighted by atomic mass is 35.5. The Bertz CT molecular complexity index is 942. The molecule has 3 heteroatoms. The maximum atomic E-state index is 10.5. The van der Waals surface area contributed by atoms with E-state index in [9.17, 15) is 5.11 Å². The van der Waals surface area contributed by atoms with E-state index in [0.717, 1.165) is 16.5 Å². The van der Waals surface area contributed by atoms with Crippen LogP contribution < -0.4 is 0 Å². The molecule has 0 saturated carbocycles. The Morgan fingerprint density at radius 2 is 1.68 bits per heavy atom. The van der Waals surface area contributed by atoms with Crippen LogP contribution in [-0.2, 0) is 5.41 Å². The van der Waals surface area contributed by atoms with Gasteiger partial charge < -0.3 is 5.11 Å². The number of benzene rings is 3. The van der Waals surface area contributed by atoms with Crippen molar-refractivity contribution in [1.82, 2.24) is 0 Å². The molecule has 1 N–H and O–H groups in total. The molecule has 0 unspecified atom stereocenters. The Labute approximate surface area is 139 Å². The Balaban J connectivity index is 2.27. The highest BCUT2D eigenvalue weighted by Gasteiger charge is 2.37. The molecule has 3 aromatic rings. The first-order valence-corrected chi connectivity index (χ1v) is 7.92. The van der Waals surface area contributed by atoms with Crippen molar-refractivity contribution in [3.8, 4) is 16.9 Å². The van der Waals surface area contributed by atoms with Crippen LogP contribution in [0.5, 0.6) is 5.75 Å². The molecule has 110 valence electrons. The van der Waals surface area contributed by atoms with Gasteiger partial charge in [-0.15, -0.1) is 0 Å². The molecule has 3 aromatic carbocycles. The summed E-state index contributed by atoms with van der Waals surface area (Å²) in [7, 11) is 0. The van der Waals surface area contributed by atoms with Crippen molar-refractivity contribution in [3.05, 3.63) is 63.6 Å². The number of hydrogen-bond acceptors (Lipinski definition) is 1. The first kappa shape index (κ1) is 13.9. The second-order valence-electron chi connectivity index (χ2n) is 6.30. The van der Waals surface area contributed by atoms with Gasteiger partial charge in [0.05, 0.1) is 5.02 Å². The largest absolute Gasteiger partial charge is 0.507 e. The molecule has 4 rings (SSSR count). The highest BCUT2D eigenvalue weighted by molar-refractivity contribution is 6.39. The zero-order valence-electron chi connectivity index (χ0n) is 12.2. The van der Waals surface area contributed by atoms with Gasteiger partial charge in [0.1, 0.15) is 5.75 Å². The molecule has 0 spiro atoms. The van der Waals surface area contributed by atoms with Crippen LogP contribution in [0.25, 0.3) is 21.9 Å². The van der Waals surface area contributed by atoms with Gasteiger partial charge in [-0.25, -0.2) is 0 Å². The molecule has 1 aliphatic rings. The minimum absolute atomic E-state index is 0.160. The third-order valence-electron chi connectivity index (χ3n) is 4.67. The number of phenolic OH excluding ortho intramolecular Hbond substituents is 1. The molecule has 0 aromatic heterocycles. The lowest BCUT2D eigenvalue weighted by atomic mass is 9.82. The lowest BCUT2D eigenvalue weighted by molar-refractivity contribution is 0.479. The van der Waals surface area contributed by atoms with Gasteiger partial charge in [-0.05, 0) is 45.8 Å². The Hall–Kier alpha value is -1.70. The fourth-order valence-corrected chi connectivity index (χ4v) is 4.22. The van der Waals surface area contributed by atoms with Crippen LogP contribution in [0.3, 0.4) is 0 Å². The van der Waals surface area contributed by atoms with E-state index in [1.54, 1.807) is 6.07 Å². The van der Waals surface area contributed by atoms with E-state index in [0.29, 0.717) is 15.4 Å². The molecule has 0 aliphatic heterocycles. The summed E-state index contributed by atoms with van der Waals surface area (Å²) in [6.45, 7) is 4.35. The van der Waals surface area contributed by atoms with Crippen LogP contribution in [-0.4, -0.2) is 5.11 Å². The molecule has 1 aliphatic carbocycles. The SMILES string of the molecule is CC1(C)c2ccccc2-c2c1cc(O)c1c(Cl)cc(Cl)cc21. The minimum Gasteiger partial charge on any atom is -0.507 e. The molecular weight excluding hydrogens is 315 g/mol. The zero-order chi connectivity index (χ0) is 15.6. The number of hydrogen-bond donors (Lipinski definition) is 1. The minimum atomic E-state index is -0.160. The van der Waals surface area contributed by atoms with E-state index in [-0.39, 0.29) is 11.2 Å². The highest BCUT2D eigenvalue weighted by Crippen LogP contribution is 2.54. The van der Waals surface area contributed by atoms with Crippen molar-refractivity contribution in [3.63, 3.8) is 0 Å². The summed E-state index contributed by atoms with van der Waals surface area (Å²) < 4.78 is 0. The standard InChI is InChI=1S/C19H14Cl2O/c1-19(2)13-6-4-3-5-11(13)17-12-7-10(20)8-15(21)18(12)16(22)9-14(17)19/h3-9,22H,1-2H3. The fourth-order valence-electron chi connectivity index (χ4n) is 3.63. The lowest BCUT2D eigenvalue weighted by Gasteiger charge is -2.22. The predicted octanol–water partition coefficient (Wildman–Crippen LogP) is 6.16. The number of aromatic hydroxyl groups is 1. The number of halogens is 2. The van der Waals surface area contributed by atoms with E-state index in [4.69, 9.17) is 23.2 Å². The Morgan fingerprint density at radius 3 is 2.45 bits per heavy atom. The van der Waals surface area contributed by atoms with Gasteiger partial charge >= 0.3 is 0 Å². The summed E-state index contributed by atoms with van der Waals surface area (Å²) in [6.07, 6.45) is 0. The maximum Gasteiger partial charge on any atom is 0.125 e. The zero-order valence-corrected chi connectivity index (χ0v) is 13.8. The van der Waals surface area contributed by atoms with Gasteiger partial charge in [0.15, 0.2) is 0 Å². The van der Waals surface area contributed by atoms with Crippen molar-refractivity contribution in [2.75, 3.05) is 0 Å². The van der Waals surface area contributed by atoms with Gasteiger partial charge in [0.25, 0.3) is 0 Å². The third kappa shape index (κ3) is 1.67. The van der Waals surface area contributed by atoms with Crippen LogP contribution in [0.15, 0.2) is 42.5 Å². The van der Waals surface area contributed by atoms with E-state index >= 15 is 0 Å². The molecule has 0 amide bonds. The summed E-state index contributed by atoms with van der Waals surface area (Å²) in [6, 6.07) is 13.8. The van der Waals surface area contributed by atoms with E-state index in [1.807, 2.05) is 18.2 Å². The van der Waals surface area contributed by atoms with E-state index in [1.165, 1.54) is 11.1 Å². The van der Waals surface area contributed by atoms with Gasteiger partial charge in [0, 0.05) is 15.8 Å². The average Bonchev–Trinajstić information content (AvgIpc) is 2.67. The van der Waals surface area contributed by atoms with Crippen LogP contribution in [0.4, 0.5) is 0 Å². The molecular formula is C19H14Cl2O. The first-order chi connectivity index (χ1) is 10.4. The van der Waals surface area contributed by atoms with E-state index in [2.05, 4.69) is 32.0 Å². The molecule has 0 bridgehead atoms. The Morgan fingerprint density at radius 1 is 0.955 bits per heavy atom. The second kappa shape index (κ2) is 4.41. The Kier molecular flexibility index (Phi) is 2.79. The maximum absolute atomic E-state index is 10.5. The van der Waals surface area contributed by atoms with Crippen LogP contribution in [0, 0.1) is 0 Å². The van der Waals surface area contributed by atoms with Gasteiger partial charge in [0.2, 0.25) is 0 Å². The van der Waals surface area contributed by atoms with E-state index < -0.39 is 0 Å². The molecule has 0 heterocycles. The first-order valence-electron chi connectivity index (χ1n) is 7.16. The smallest absolute Gasteiger partial charge is 0.125 e. The third-order valence-corrected chi connectivity index (χ3v) is 5.19. The molecule has 0 saturated heterocycles. The summed E-state index contributed by atoms with van der Waals surface area (Å²) >= 11 is 12.5. The number of fused-ring (bicyclic) bond motifs is 5. The van der Waals surface area contributed by atoms with Crippen LogP contribution in [0.1, 0.15) is 25.0 Å². The van der Waals surface area contributed by atoms with Gasteiger partial charge in [-0.3, -0.25) is 0 Å². The summed E-state index contributed by atoms with van der Waals surface area (Å²) in [4.78, 5) is 0. The number of phenols is 1. The average molecular weight is 329 g/mol. The van der Waals surface area contributed by atoms with Crippen LogP contribution in [0.2, 0.25) is 10.0 Å². The summed E-state index contributed by atoms with van der Waals surface area (Å²) in [5.74, 6) is 0.205. The lowest BCUT2D eigenvalue weighted by Crippen LogP contribution is -2.14. The fraction of sp³-hybridized carbons (Fsp3) is 0.158. The summed E-state index contributed by atoms with van der Waals surface area (Å²) in [5, 5.41) is 13.1. The van der Waals surface area contributed by atoms with Crippen molar-refractivity contribution >= 4 is 34.0 Å². The molecule has 1 nitrogen and oxygen atoms in total. The van der Waals surface area contributed by atoms with Crippen molar-refractivity contribution in [1.29, 1.82) is 0 Å². The topological polar surface area (TPSA) is 20.2 Å². The predicted molar refractivity (Wildman–Crippen MR) is 93.2 cm³/mol. The molecule has 0 radical (unpaired) electrons. The van der Waals surface area contributed by atoms with Gasteiger partial charge in [-0.2, -0.15) is 0 Å². The quantitative estimate of drug-likeness (QED) is 0.524. The molecule has 22 heavy (non-hydrogen) atoms.